The second-order valence-electron chi connectivity index (χ2n) is 4.89. The molecule has 1 aromatic rings. The Morgan fingerprint density at radius 2 is 2.06 bits per heavy atom. The highest BCUT2D eigenvalue weighted by atomic mass is 79.9. The molecule has 4 heteroatoms. The Kier molecular flexibility index (Phi) is 3.10. The summed E-state index contributed by atoms with van der Waals surface area (Å²) in [6.45, 7) is 4.27. The Morgan fingerprint density at radius 3 is 2.69 bits per heavy atom. The molecule has 2 rings (SSSR count). The monoisotopic (exact) mass is 283 g/mol. The van der Waals surface area contributed by atoms with Crippen LogP contribution < -0.4 is 11.1 Å². The number of nitrogens with one attached hydrogen (secondary N) is 1. The zero-order chi connectivity index (χ0) is 11.8. The van der Waals surface area contributed by atoms with Gasteiger partial charge in [-0.25, -0.2) is 4.98 Å². The minimum atomic E-state index is 0.193. The summed E-state index contributed by atoms with van der Waals surface area (Å²) in [5.41, 5.74) is 7.79. The molecule has 0 amide bonds. The highest BCUT2D eigenvalue weighted by Gasteiger charge is 2.29. The summed E-state index contributed by atoms with van der Waals surface area (Å²) in [6, 6.07) is 0. The van der Waals surface area contributed by atoms with E-state index in [1.807, 2.05) is 6.92 Å². The van der Waals surface area contributed by atoms with Gasteiger partial charge in [0, 0.05) is 5.54 Å². The van der Waals surface area contributed by atoms with Crippen molar-refractivity contribution >= 4 is 27.4 Å². The predicted octanol–water partition coefficient (Wildman–Crippen LogP) is 3.48. The second-order valence-corrected chi connectivity index (χ2v) is 5.69. The maximum Gasteiger partial charge on any atom is 0.141 e. The zero-order valence-corrected chi connectivity index (χ0v) is 11.4. The molecule has 1 heterocycles. The van der Waals surface area contributed by atoms with Gasteiger partial charge in [0.2, 0.25) is 0 Å². The molecule has 0 radical (unpaired) electrons. The first-order valence-electron chi connectivity index (χ1n) is 5.71. The van der Waals surface area contributed by atoms with E-state index in [1.165, 1.54) is 25.7 Å². The average Bonchev–Trinajstić information content (AvgIpc) is 2.67. The van der Waals surface area contributed by atoms with Crippen molar-refractivity contribution in [2.75, 3.05) is 11.1 Å². The molecule has 0 aliphatic heterocycles. The Labute approximate surface area is 105 Å². The van der Waals surface area contributed by atoms with Gasteiger partial charge in [-0.3, -0.25) is 0 Å². The second kappa shape index (κ2) is 4.24. The summed E-state index contributed by atoms with van der Waals surface area (Å²) in [4.78, 5) is 4.36. The van der Waals surface area contributed by atoms with Gasteiger partial charge in [-0.1, -0.05) is 12.8 Å². The smallest absolute Gasteiger partial charge is 0.141 e. The maximum atomic E-state index is 5.81. The van der Waals surface area contributed by atoms with E-state index in [4.69, 9.17) is 5.73 Å². The molecule has 1 saturated carbocycles. The molecular weight excluding hydrogens is 266 g/mol. The van der Waals surface area contributed by atoms with Gasteiger partial charge in [0.15, 0.2) is 0 Å². The van der Waals surface area contributed by atoms with E-state index in [2.05, 4.69) is 33.2 Å². The van der Waals surface area contributed by atoms with E-state index < -0.39 is 0 Å². The fraction of sp³-hybridized carbons (Fsp3) is 0.583. The Hall–Kier alpha value is -0.770. The van der Waals surface area contributed by atoms with Crippen LogP contribution in [0.1, 0.15) is 38.2 Å². The first kappa shape index (κ1) is 11.7. The van der Waals surface area contributed by atoms with Crippen molar-refractivity contribution in [1.29, 1.82) is 0 Å². The van der Waals surface area contributed by atoms with E-state index in [-0.39, 0.29) is 5.54 Å². The van der Waals surface area contributed by atoms with Crippen LogP contribution in [-0.4, -0.2) is 10.5 Å². The number of nitrogen functional groups attached to an aromatic ring is 1. The van der Waals surface area contributed by atoms with E-state index >= 15 is 0 Å². The fourth-order valence-electron chi connectivity index (χ4n) is 2.25. The third-order valence-corrected chi connectivity index (χ3v) is 4.40. The highest BCUT2D eigenvalue weighted by molar-refractivity contribution is 9.10. The van der Waals surface area contributed by atoms with Gasteiger partial charge in [0.1, 0.15) is 5.82 Å². The molecule has 16 heavy (non-hydrogen) atoms. The maximum absolute atomic E-state index is 5.81. The van der Waals surface area contributed by atoms with Crippen LogP contribution in [0.2, 0.25) is 0 Å². The molecule has 1 aliphatic carbocycles. The summed E-state index contributed by atoms with van der Waals surface area (Å²) in [7, 11) is 0. The number of aromatic nitrogens is 1. The lowest BCUT2D eigenvalue weighted by atomic mass is 10.0. The Bertz CT molecular complexity index is 397. The van der Waals surface area contributed by atoms with E-state index in [9.17, 15) is 0 Å². The lowest BCUT2D eigenvalue weighted by Gasteiger charge is -2.27. The minimum Gasteiger partial charge on any atom is -0.397 e. The number of anilines is 2. The molecule has 0 atom stereocenters. The summed E-state index contributed by atoms with van der Waals surface area (Å²) < 4.78 is 0.987. The minimum absolute atomic E-state index is 0.193. The van der Waals surface area contributed by atoms with Crippen molar-refractivity contribution in [1.82, 2.24) is 4.98 Å². The highest BCUT2D eigenvalue weighted by Crippen LogP contribution is 2.35. The number of rotatable bonds is 2. The van der Waals surface area contributed by atoms with Crippen LogP contribution in [0, 0.1) is 6.92 Å². The number of halogens is 1. The van der Waals surface area contributed by atoms with E-state index in [0.717, 1.165) is 21.5 Å². The molecule has 1 fully saturated rings. The van der Waals surface area contributed by atoms with Gasteiger partial charge in [-0.05, 0) is 48.2 Å². The zero-order valence-electron chi connectivity index (χ0n) is 9.81. The molecule has 1 aliphatic rings. The van der Waals surface area contributed by atoms with Crippen LogP contribution in [-0.2, 0) is 0 Å². The largest absolute Gasteiger partial charge is 0.397 e. The quantitative estimate of drug-likeness (QED) is 0.874. The van der Waals surface area contributed by atoms with Crippen LogP contribution >= 0.6 is 15.9 Å². The number of hydrogen-bond acceptors (Lipinski definition) is 3. The SMILES string of the molecule is Cc1c(N)cnc(NC2(C)CCCC2)c1Br. The molecule has 1 aromatic heterocycles. The van der Waals surface area contributed by atoms with Crippen molar-refractivity contribution in [2.45, 2.75) is 45.1 Å². The third kappa shape index (κ3) is 2.17. The van der Waals surface area contributed by atoms with Gasteiger partial charge >= 0.3 is 0 Å². The summed E-state index contributed by atoms with van der Waals surface area (Å²) in [5, 5.41) is 3.54. The molecular formula is C12H18BrN3. The average molecular weight is 284 g/mol. The van der Waals surface area contributed by atoms with Crippen LogP contribution in [0.4, 0.5) is 11.5 Å². The van der Waals surface area contributed by atoms with Crippen LogP contribution in [0.3, 0.4) is 0 Å². The molecule has 0 aromatic carbocycles. The van der Waals surface area contributed by atoms with Crippen LogP contribution in [0.25, 0.3) is 0 Å². The predicted molar refractivity (Wildman–Crippen MR) is 71.6 cm³/mol. The number of nitrogens with zero attached hydrogens (tertiary/aromatic N) is 1. The van der Waals surface area contributed by atoms with Gasteiger partial charge in [-0.2, -0.15) is 0 Å². The number of nitrogens with two attached hydrogens (primary N) is 1. The number of hydrogen-bond donors (Lipinski definition) is 2. The standard InChI is InChI=1S/C12H18BrN3/c1-8-9(14)7-15-11(10(8)13)16-12(2)5-3-4-6-12/h7H,3-6,14H2,1-2H3,(H,15,16). The molecule has 0 saturated heterocycles. The lowest BCUT2D eigenvalue weighted by Crippen LogP contribution is -2.31. The van der Waals surface area contributed by atoms with Crippen LogP contribution in [0.15, 0.2) is 10.7 Å². The van der Waals surface area contributed by atoms with Crippen molar-refractivity contribution in [3.05, 3.63) is 16.2 Å². The third-order valence-electron chi connectivity index (χ3n) is 3.43. The molecule has 88 valence electrons. The normalized spacial score (nSPS) is 18.7. The Balaban J connectivity index is 2.25. The van der Waals surface area contributed by atoms with Gasteiger partial charge in [0.25, 0.3) is 0 Å². The van der Waals surface area contributed by atoms with Crippen molar-refractivity contribution in [3.63, 3.8) is 0 Å². The molecule has 0 unspecified atom stereocenters. The first-order chi connectivity index (χ1) is 7.52. The Morgan fingerprint density at radius 1 is 1.44 bits per heavy atom. The van der Waals surface area contributed by atoms with Gasteiger partial charge in [0.05, 0.1) is 16.4 Å². The summed E-state index contributed by atoms with van der Waals surface area (Å²) in [5.74, 6) is 0.913. The summed E-state index contributed by atoms with van der Waals surface area (Å²) >= 11 is 3.56. The van der Waals surface area contributed by atoms with Crippen molar-refractivity contribution < 1.29 is 0 Å². The van der Waals surface area contributed by atoms with E-state index in [0.29, 0.717) is 0 Å². The van der Waals surface area contributed by atoms with Crippen molar-refractivity contribution in [3.8, 4) is 0 Å². The van der Waals surface area contributed by atoms with Gasteiger partial charge in [-0.15, -0.1) is 0 Å². The number of pyridine rings is 1. The molecule has 0 bridgehead atoms. The summed E-state index contributed by atoms with van der Waals surface area (Å²) in [6.07, 6.45) is 6.75. The lowest BCUT2D eigenvalue weighted by molar-refractivity contribution is 0.530. The topological polar surface area (TPSA) is 50.9 Å². The van der Waals surface area contributed by atoms with E-state index in [1.54, 1.807) is 6.20 Å². The fourth-order valence-corrected chi connectivity index (χ4v) is 2.68. The molecule has 0 spiro atoms. The first-order valence-corrected chi connectivity index (χ1v) is 6.50. The molecule has 3 nitrogen and oxygen atoms in total. The van der Waals surface area contributed by atoms with Crippen molar-refractivity contribution in [2.24, 2.45) is 0 Å². The molecule has 3 N–H and O–H groups in total. The van der Waals surface area contributed by atoms with Gasteiger partial charge < -0.3 is 11.1 Å². The van der Waals surface area contributed by atoms with Crippen LogP contribution in [0.5, 0.6) is 0 Å².